The molecule has 4 heteroatoms. The van der Waals surface area contributed by atoms with Crippen molar-refractivity contribution in [3.05, 3.63) is 35.9 Å². The highest BCUT2D eigenvalue weighted by Gasteiger charge is 2.14. The Morgan fingerprint density at radius 1 is 1.12 bits per heavy atom. The smallest absolute Gasteiger partial charge is 0.338 e. The average molecular weight is 238 g/mol. The van der Waals surface area contributed by atoms with E-state index in [0.717, 1.165) is 0 Å². The first kappa shape index (κ1) is 12.9. The lowest BCUT2D eigenvalue weighted by Crippen LogP contribution is -2.27. The second kappa shape index (κ2) is 5.82. The molecule has 0 spiro atoms. The maximum atomic E-state index is 11.5. The molecule has 1 aromatic carbocycles. The molecule has 0 bridgehead atoms. The monoisotopic (exact) mass is 238 g/mol. The molecule has 0 aliphatic rings. The number of rotatable bonds is 5. The van der Waals surface area contributed by atoms with Gasteiger partial charge in [-0.2, -0.15) is 0 Å². The van der Waals surface area contributed by atoms with E-state index in [9.17, 15) is 4.79 Å². The van der Waals surface area contributed by atoms with Crippen LogP contribution < -0.4 is 0 Å². The van der Waals surface area contributed by atoms with Gasteiger partial charge in [0.2, 0.25) is 0 Å². The molecule has 0 unspecified atom stereocenters. The first-order chi connectivity index (χ1) is 7.49. The summed E-state index contributed by atoms with van der Waals surface area (Å²) in [5, 5.41) is 0. The van der Waals surface area contributed by atoms with E-state index < -0.39 is 8.32 Å². The SMILES string of the molecule is C[Si](C)(C)OCCOC(=O)c1ccccc1. The molecule has 0 heterocycles. The highest BCUT2D eigenvalue weighted by Crippen LogP contribution is 2.03. The van der Waals surface area contributed by atoms with E-state index in [-0.39, 0.29) is 5.97 Å². The van der Waals surface area contributed by atoms with Crippen LogP contribution in [0.4, 0.5) is 0 Å². The van der Waals surface area contributed by atoms with Gasteiger partial charge in [0.1, 0.15) is 6.61 Å². The van der Waals surface area contributed by atoms with Gasteiger partial charge < -0.3 is 9.16 Å². The Morgan fingerprint density at radius 3 is 2.31 bits per heavy atom. The third-order valence-corrected chi connectivity index (χ3v) is 2.93. The lowest BCUT2D eigenvalue weighted by molar-refractivity contribution is 0.0445. The van der Waals surface area contributed by atoms with Crippen LogP contribution in [0.25, 0.3) is 0 Å². The van der Waals surface area contributed by atoms with E-state index in [0.29, 0.717) is 18.8 Å². The normalized spacial score (nSPS) is 11.2. The number of esters is 1. The lowest BCUT2D eigenvalue weighted by atomic mass is 10.2. The average Bonchev–Trinajstić information content (AvgIpc) is 2.24. The summed E-state index contributed by atoms with van der Waals surface area (Å²) in [7, 11) is -1.50. The Hall–Kier alpha value is -1.13. The summed E-state index contributed by atoms with van der Waals surface area (Å²) >= 11 is 0. The molecule has 0 aromatic heterocycles. The summed E-state index contributed by atoms with van der Waals surface area (Å²) < 4.78 is 10.7. The van der Waals surface area contributed by atoms with Crippen LogP contribution in [0, 0.1) is 0 Å². The second-order valence-corrected chi connectivity index (χ2v) is 8.98. The zero-order valence-electron chi connectivity index (χ0n) is 10.0. The van der Waals surface area contributed by atoms with E-state index in [1.165, 1.54) is 0 Å². The molecule has 0 saturated heterocycles. The molecule has 0 aliphatic carbocycles. The number of benzene rings is 1. The molecule has 16 heavy (non-hydrogen) atoms. The molecule has 1 rings (SSSR count). The van der Waals surface area contributed by atoms with Gasteiger partial charge in [0.05, 0.1) is 12.2 Å². The molecule has 88 valence electrons. The minimum Gasteiger partial charge on any atom is -0.460 e. The molecule has 0 N–H and O–H groups in total. The number of carbonyl (C=O) groups excluding carboxylic acids is 1. The van der Waals surface area contributed by atoms with Crippen molar-refractivity contribution in [3.8, 4) is 0 Å². The third kappa shape index (κ3) is 5.09. The molecule has 0 amide bonds. The Labute approximate surface area is 97.5 Å². The minimum absolute atomic E-state index is 0.292. The first-order valence-electron chi connectivity index (χ1n) is 5.35. The van der Waals surface area contributed by atoms with Crippen LogP contribution in [-0.4, -0.2) is 27.5 Å². The largest absolute Gasteiger partial charge is 0.460 e. The zero-order chi connectivity index (χ0) is 12.0. The molecular weight excluding hydrogens is 220 g/mol. The molecule has 0 aliphatic heterocycles. The van der Waals surface area contributed by atoms with Crippen LogP contribution in [0.3, 0.4) is 0 Å². The van der Waals surface area contributed by atoms with Crippen LogP contribution in [0.15, 0.2) is 30.3 Å². The van der Waals surface area contributed by atoms with Crippen LogP contribution >= 0.6 is 0 Å². The lowest BCUT2D eigenvalue weighted by Gasteiger charge is -2.16. The van der Waals surface area contributed by atoms with Crippen molar-refractivity contribution in [2.45, 2.75) is 19.6 Å². The standard InChI is InChI=1S/C12H18O3Si/c1-16(2,3)15-10-9-14-12(13)11-7-5-4-6-8-11/h4-8H,9-10H2,1-3H3. The molecule has 0 radical (unpaired) electrons. The maximum Gasteiger partial charge on any atom is 0.338 e. The first-order valence-corrected chi connectivity index (χ1v) is 8.76. The number of ether oxygens (including phenoxy) is 1. The van der Waals surface area contributed by atoms with Gasteiger partial charge in [-0.1, -0.05) is 18.2 Å². The van der Waals surface area contributed by atoms with Crippen molar-refractivity contribution < 1.29 is 14.0 Å². The number of carbonyl (C=O) groups is 1. The molecule has 1 aromatic rings. The van der Waals surface area contributed by atoms with Crippen molar-refractivity contribution in [3.63, 3.8) is 0 Å². The van der Waals surface area contributed by atoms with Gasteiger partial charge in [0.15, 0.2) is 8.32 Å². The van der Waals surface area contributed by atoms with Gasteiger partial charge in [-0.05, 0) is 31.8 Å². The summed E-state index contributed by atoms with van der Waals surface area (Å²) in [4.78, 5) is 11.5. The van der Waals surface area contributed by atoms with E-state index in [1.54, 1.807) is 12.1 Å². The van der Waals surface area contributed by atoms with Crippen molar-refractivity contribution >= 4 is 14.3 Å². The van der Waals surface area contributed by atoms with Gasteiger partial charge in [0, 0.05) is 0 Å². The Morgan fingerprint density at radius 2 is 1.75 bits per heavy atom. The fourth-order valence-corrected chi connectivity index (χ4v) is 1.84. The summed E-state index contributed by atoms with van der Waals surface area (Å²) in [5.74, 6) is -0.292. The van der Waals surface area contributed by atoms with Crippen LogP contribution in [0.1, 0.15) is 10.4 Å². The van der Waals surface area contributed by atoms with Crippen LogP contribution in [0.5, 0.6) is 0 Å². The highest BCUT2D eigenvalue weighted by molar-refractivity contribution is 6.69. The molecule has 0 saturated carbocycles. The van der Waals surface area contributed by atoms with Gasteiger partial charge in [-0.3, -0.25) is 0 Å². The molecular formula is C12H18O3Si. The van der Waals surface area contributed by atoms with Crippen LogP contribution in [0.2, 0.25) is 19.6 Å². The minimum atomic E-state index is -1.50. The predicted molar refractivity (Wildman–Crippen MR) is 66.0 cm³/mol. The summed E-state index contributed by atoms with van der Waals surface area (Å²) in [5.41, 5.74) is 0.579. The van der Waals surface area contributed by atoms with E-state index in [4.69, 9.17) is 9.16 Å². The van der Waals surface area contributed by atoms with E-state index in [2.05, 4.69) is 19.6 Å². The van der Waals surface area contributed by atoms with Gasteiger partial charge in [-0.15, -0.1) is 0 Å². The maximum absolute atomic E-state index is 11.5. The topological polar surface area (TPSA) is 35.5 Å². The third-order valence-electron chi connectivity index (χ3n) is 1.86. The Bertz CT molecular complexity index is 330. The Balaban J connectivity index is 2.27. The van der Waals surface area contributed by atoms with Gasteiger partial charge >= 0.3 is 5.97 Å². The summed E-state index contributed by atoms with van der Waals surface area (Å²) in [6.45, 7) is 7.11. The van der Waals surface area contributed by atoms with Gasteiger partial charge in [-0.25, -0.2) is 4.79 Å². The number of hydrogen-bond acceptors (Lipinski definition) is 3. The zero-order valence-corrected chi connectivity index (χ0v) is 11.0. The summed E-state index contributed by atoms with van der Waals surface area (Å²) in [6, 6.07) is 8.97. The molecule has 0 fully saturated rings. The summed E-state index contributed by atoms with van der Waals surface area (Å²) in [6.07, 6.45) is 0. The fraction of sp³-hybridized carbons (Fsp3) is 0.417. The van der Waals surface area contributed by atoms with Gasteiger partial charge in [0.25, 0.3) is 0 Å². The second-order valence-electron chi connectivity index (χ2n) is 4.46. The quantitative estimate of drug-likeness (QED) is 0.449. The van der Waals surface area contributed by atoms with E-state index in [1.807, 2.05) is 18.2 Å². The van der Waals surface area contributed by atoms with E-state index >= 15 is 0 Å². The molecule has 0 atom stereocenters. The van der Waals surface area contributed by atoms with Crippen molar-refractivity contribution in [2.24, 2.45) is 0 Å². The Kier molecular flexibility index (Phi) is 4.70. The van der Waals surface area contributed by atoms with Crippen molar-refractivity contribution in [1.29, 1.82) is 0 Å². The predicted octanol–water partition coefficient (Wildman–Crippen LogP) is 2.69. The molecule has 3 nitrogen and oxygen atoms in total. The number of hydrogen-bond donors (Lipinski definition) is 0. The van der Waals surface area contributed by atoms with Crippen molar-refractivity contribution in [1.82, 2.24) is 0 Å². The fourth-order valence-electron chi connectivity index (χ4n) is 1.14. The van der Waals surface area contributed by atoms with Crippen molar-refractivity contribution in [2.75, 3.05) is 13.2 Å². The highest BCUT2D eigenvalue weighted by atomic mass is 28.4. The van der Waals surface area contributed by atoms with Crippen LogP contribution in [-0.2, 0) is 9.16 Å².